The second kappa shape index (κ2) is 11.4. The molecule has 0 saturated heterocycles. The van der Waals surface area contributed by atoms with Gasteiger partial charge in [-0.15, -0.1) is 0 Å². The molecule has 1 aromatic heterocycles. The number of allylic oxidation sites excluding steroid dienone is 2. The molecule has 2 aromatic rings. The Morgan fingerprint density at radius 3 is 2.48 bits per heavy atom. The van der Waals surface area contributed by atoms with Gasteiger partial charge >= 0.3 is 0 Å². The Morgan fingerprint density at radius 2 is 1.91 bits per heavy atom. The van der Waals surface area contributed by atoms with E-state index >= 15 is 0 Å². The fraction of sp³-hybridized carbons (Fsp3) is 0.346. The zero-order chi connectivity index (χ0) is 24.7. The van der Waals surface area contributed by atoms with Gasteiger partial charge in [-0.1, -0.05) is 30.7 Å². The zero-order valence-corrected chi connectivity index (χ0v) is 20.2. The molecular weight excluding hydrogens is 416 g/mol. The molecule has 7 heteroatoms. The molecule has 2 amide bonds. The highest BCUT2D eigenvalue weighted by Gasteiger charge is 2.20. The third kappa shape index (κ3) is 6.52. The van der Waals surface area contributed by atoms with Crippen molar-refractivity contribution >= 4 is 23.3 Å². The number of nitrogen functional groups attached to an aromatic ring is 1. The Bertz CT molecular complexity index is 1080. The van der Waals surface area contributed by atoms with Gasteiger partial charge < -0.3 is 21.5 Å². The first-order valence-electron chi connectivity index (χ1n) is 11.1. The Labute approximate surface area is 195 Å². The zero-order valence-electron chi connectivity index (χ0n) is 20.2. The summed E-state index contributed by atoms with van der Waals surface area (Å²) in [6.07, 6.45) is 4.59. The summed E-state index contributed by atoms with van der Waals surface area (Å²) < 4.78 is 0. The number of amides is 2. The molecule has 0 spiro atoms. The molecule has 1 unspecified atom stereocenters. The second-order valence-corrected chi connectivity index (χ2v) is 8.36. The maximum Gasteiger partial charge on any atom is 0.257 e. The molecule has 1 heterocycles. The standard InChI is InChI=1S/C26H34N4O3/c1-7-9-20(15(3)4)23(31)26(33)30-19-10-11-21(17(8-2)12-19)18-13-22(24(27)28-14-18)25(32)29-16(5)6/h7,9-14,16,23,31H,8H2,1-6H3,(H2,27,28)(H,29,32)(H,30,33)/b9-7-. The molecule has 1 aromatic carbocycles. The molecule has 1 atom stereocenters. The van der Waals surface area contributed by atoms with E-state index in [2.05, 4.69) is 15.6 Å². The van der Waals surface area contributed by atoms with Crippen molar-refractivity contribution in [2.75, 3.05) is 11.1 Å². The van der Waals surface area contributed by atoms with Crippen molar-refractivity contribution in [3.63, 3.8) is 0 Å². The van der Waals surface area contributed by atoms with Crippen LogP contribution in [0.4, 0.5) is 11.5 Å². The first-order chi connectivity index (χ1) is 15.6. The van der Waals surface area contributed by atoms with Crippen molar-refractivity contribution in [3.8, 4) is 11.1 Å². The SMILES string of the molecule is C/C=C\C(=C(C)C)C(O)C(=O)Nc1ccc(-c2cnc(N)c(C(=O)NC(C)C)c2)c(CC)c1. The summed E-state index contributed by atoms with van der Waals surface area (Å²) in [4.78, 5) is 29.3. The molecule has 0 saturated carbocycles. The van der Waals surface area contributed by atoms with E-state index in [1.807, 2.05) is 53.7 Å². The lowest BCUT2D eigenvalue weighted by atomic mass is 9.97. The first kappa shape index (κ1) is 25.8. The Morgan fingerprint density at radius 1 is 1.21 bits per heavy atom. The number of anilines is 2. The predicted octanol–water partition coefficient (Wildman–Crippen LogP) is 4.24. The number of hydrogen-bond donors (Lipinski definition) is 4. The van der Waals surface area contributed by atoms with E-state index in [-0.39, 0.29) is 17.8 Å². The van der Waals surface area contributed by atoms with Crippen molar-refractivity contribution in [3.05, 3.63) is 64.9 Å². The Kier molecular flexibility index (Phi) is 8.94. The predicted molar refractivity (Wildman–Crippen MR) is 134 cm³/mol. The molecule has 33 heavy (non-hydrogen) atoms. The average Bonchev–Trinajstić information content (AvgIpc) is 2.76. The van der Waals surface area contributed by atoms with Crippen LogP contribution in [0, 0.1) is 0 Å². The van der Waals surface area contributed by atoms with Gasteiger partial charge in [0.15, 0.2) is 6.10 Å². The quantitative estimate of drug-likeness (QED) is 0.449. The van der Waals surface area contributed by atoms with Gasteiger partial charge in [0.2, 0.25) is 0 Å². The minimum absolute atomic E-state index is 0.0234. The monoisotopic (exact) mass is 450 g/mol. The summed E-state index contributed by atoms with van der Waals surface area (Å²) in [6.45, 7) is 11.3. The number of nitrogens with zero attached hydrogens (tertiary/aromatic N) is 1. The molecule has 0 aliphatic carbocycles. The fourth-order valence-electron chi connectivity index (χ4n) is 3.45. The molecule has 2 rings (SSSR count). The van der Waals surface area contributed by atoms with Gasteiger partial charge in [-0.3, -0.25) is 9.59 Å². The highest BCUT2D eigenvalue weighted by molar-refractivity contribution is 6.00. The van der Waals surface area contributed by atoms with E-state index in [0.717, 1.165) is 22.3 Å². The van der Waals surface area contributed by atoms with Crippen LogP contribution < -0.4 is 16.4 Å². The summed E-state index contributed by atoms with van der Waals surface area (Å²) >= 11 is 0. The number of nitrogens with two attached hydrogens (primary N) is 1. The molecule has 0 radical (unpaired) electrons. The Hall–Kier alpha value is -3.45. The van der Waals surface area contributed by atoms with Gasteiger partial charge in [0.1, 0.15) is 5.82 Å². The van der Waals surface area contributed by atoms with Gasteiger partial charge in [-0.2, -0.15) is 0 Å². The first-order valence-corrected chi connectivity index (χ1v) is 11.1. The number of aliphatic hydroxyl groups excluding tert-OH is 1. The summed E-state index contributed by atoms with van der Waals surface area (Å²) in [5.41, 5.74) is 10.9. The number of benzene rings is 1. The molecule has 7 nitrogen and oxygen atoms in total. The summed E-state index contributed by atoms with van der Waals surface area (Å²) in [5.74, 6) is -0.603. The number of aromatic nitrogens is 1. The average molecular weight is 451 g/mol. The summed E-state index contributed by atoms with van der Waals surface area (Å²) in [6, 6.07) is 7.20. The lowest BCUT2D eigenvalue weighted by molar-refractivity contribution is -0.122. The van der Waals surface area contributed by atoms with Crippen molar-refractivity contribution < 1.29 is 14.7 Å². The van der Waals surface area contributed by atoms with Crippen LogP contribution in [0.15, 0.2) is 53.8 Å². The van der Waals surface area contributed by atoms with Crippen LogP contribution in [-0.2, 0) is 11.2 Å². The molecular formula is C26H34N4O3. The molecule has 0 bridgehead atoms. The molecule has 176 valence electrons. The molecule has 0 aliphatic rings. The third-order valence-electron chi connectivity index (χ3n) is 5.11. The van der Waals surface area contributed by atoms with E-state index in [9.17, 15) is 14.7 Å². The molecule has 5 N–H and O–H groups in total. The van der Waals surface area contributed by atoms with Gasteiger partial charge in [0.25, 0.3) is 11.8 Å². The van der Waals surface area contributed by atoms with E-state index in [0.29, 0.717) is 23.2 Å². The van der Waals surface area contributed by atoms with Crippen molar-refractivity contribution in [1.29, 1.82) is 0 Å². The van der Waals surface area contributed by atoms with Crippen LogP contribution >= 0.6 is 0 Å². The van der Waals surface area contributed by atoms with Crippen LogP contribution in [0.3, 0.4) is 0 Å². The maximum atomic E-state index is 12.6. The minimum Gasteiger partial charge on any atom is -0.383 e. The smallest absolute Gasteiger partial charge is 0.257 e. The summed E-state index contributed by atoms with van der Waals surface area (Å²) in [7, 11) is 0. The van der Waals surface area contributed by atoms with E-state index < -0.39 is 12.0 Å². The van der Waals surface area contributed by atoms with Crippen LogP contribution in [0.5, 0.6) is 0 Å². The number of carbonyl (C=O) groups excluding carboxylic acids is 2. The fourth-order valence-corrected chi connectivity index (χ4v) is 3.45. The third-order valence-corrected chi connectivity index (χ3v) is 5.11. The van der Waals surface area contributed by atoms with Crippen LogP contribution in [0.2, 0.25) is 0 Å². The number of pyridine rings is 1. The lowest BCUT2D eigenvalue weighted by Gasteiger charge is -2.16. The second-order valence-electron chi connectivity index (χ2n) is 8.36. The topological polar surface area (TPSA) is 117 Å². The minimum atomic E-state index is -1.26. The molecule has 0 fully saturated rings. The van der Waals surface area contributed by atoms with Crippen LogP contribution in [0.25, 0.3) is 11.1 Å². The van der Waals surface area contributed by atoms with Crippen molar-refractivity contribution in [2.24, 2.45) is 0 Å². The number of hydrogen-bond acceptors (Lipinski definition) is 5. The lowest BCUT2D eigenvalue weighted by Crippen LogP contribution is -2.30. The van der Waals surface area contributed by atoms with Crippen LogP contribution in [-0.4, -0.2) is 34.1 Å². The van der Waals surface area contributed by atoms with E-state index in [1.54, 1.807) is 30.5 Å². The number of carbonyl (C=O) groups is 2. The Balaban J connectivity index is 2.35. The maximum absolute atomic E-state index is 12.6. The number of aliphatic hydroxyl groups is 1. The van der Waals surface area contributed by atoms with Gasteiger partial charge in [-0.05, 0) is 75.9 Å². The van der Waals surface area contributed by atoms with Crippen LogP contribution in [0.1, 0.15) is 57.5 Å². The number of nitrogens with one attached hydrogen (secondary N) is 2. The van der Waals surface area contributed by atoms with E-state index in [1.165, 1.54) is 0 Å². The molecule has 0 aliphatic heterocycles. The largest absolute Gasteiger partial charge is 0.383 e. The van der Waals surface area contributed by atoms with Gasteiger partial charge in [0.05, 0.1) is 5.56 Å². The summed E-state index contributed by atoms with van der Waals surface area (Å²) in [5, 5.41) is 16.1. The highest BCUT2D eigenvalue weighted by atomic mass is 16.3. The van der Waals surface area contributed by atoms with E-state index in [4.69, 9.17) is 5.73 Å². The van der Waals surface area contributed by atoms with Gasteiger partial charge in [0, 0.05) is 23.5 Å². The normalized spacial score (nSPS) is 12.0. The number of rotatable bonds is 8. The van der Waals surface area contributed by atoms with Crippen molar-refractivity contribution in [1.82, 2.24) is 10.3 Å². The van der Waals surface area contributed by atoms with Gasteiger partial charge in [-0.25, -0.2) is 4.98 Å². The highest BCUT2D eigenvalue weighted by Crippen LogP contribution is 2.29. The number of aryl methyl sites for hydroxylation is 1. The van der Waals surface area contributed by atoms with Crippen molar-refractivity contribution in [2.45, 2.75) is 60.1 Å².